The SMILES string of the molecule is CCn1c(S[C@H]2CCOC2=O)nnc1-c1cccs1. The van der Waals surface area contributed by atoms with E-state index in [-0.39, 0.29) is 11.2 Å². The van der Waals surface area contributed by atoms with E-state index in [1.165, 1.54) is 11.8 Å². The fourth-order valence-corrected chi connectivity index (χ4v) is 3.74. The summed E-state index contributed by atoms with van der Waals surface area (Å²) in [7, 11) is 0. The molecule has 0 amide bonds. The Morgan fingerprint density at radius 3 is 3.11 bits per heavy atom. The van der Waals surface area contributed by atoms with E-state index in [2.05, 4.69) is 17.1 Å². The van der Waals surface area contributed by atoms with Crippen LogP contribution in [0.25, 0.3) is 10.7 Å². The van der Waals surface area contributed by atoms with Crippen LogP contribution in [0.4, 0.5) is 0 Å². The molecule has 0 unspecified atom stereocenters. The Morgan fingerprint density at radius 2 is 2.47 bits per heavy atom. The van der Waals surface area contributed by atoms with Gasteiger partial charge >= 0.3 is 5.97 Å². The van der Waals surface area contributed by atoms with Crippen LogP contribution in [0.5, 0.6) is 0 Å². The molecule has 3 heterocycles. The van der Waals surface area contributed by atoms with Crippen LogP contribution in [-0.2, 0) is 16.1 Å². The number of thiophene rings is 1. The summed E-state index contributed by atoms with van der Waals surface area (Å²) >= 11 is 3.09. The molecule has 0 aromatic carbocycles. The highest BCUT2D eigenvalue weighted by molar-refractivity contribution is 8.00. The van der Waals surface area contributed by atoms with Gasteiger partial charge in [-0.25, -0.2) is 0 Å². The molecule has 1 aliphatic rings. The van der Waals surface area contributed by atoms with E-state index < -0.39 is 0 Å². The molecule has 3 rings (SSSR count). The van der Waals surface area contributed by atoms with Crippen molar-refractivity contribution in [3.8, 4) is 10.7 Å². The fraction of sp³-hybridized carbons (Fsp3) is 0.417. The van der Waals surface area contributed by atoms with Gasteiger partial charge in [-0.1, -0.05) is 17.8 Å². The lowest BCUT2D eigenvalue weighted by molar-refractivity contribution is -0.137. The lowest BCUT2D eigenvalue weighted by Gasteiger charge is -2.07. The van der Waals surface area contributed by atoms with Crippen LogP contribution in [0.15, 0.2) is 22.7 Å². The van der Waals surface area contributed by atoms with E-state index in [1.807, 2.05) is 22.1 Å². The third-order valence-corrected chi connectivity index (χ3v) is 5.00. The van der Waals surface area contributed by atoms with Gasteiger partial charge in [-0.2, -0.15) is 0 Å². The standard InChI is InChI=1S/C12H13N3O2S2/c1-2-15-10(8-4-3-7-18-8)13-14-12(15)19-9-5-6-17-11(9)16/h3-4,7,9H,2,5-6H2,1H3/t9-/m0/s1. The molecular formula is C12H13N3O2S2. The van der Waals surface area contributed by atoms with Crippen molar-refractivity contribution in [1.29, 1.82) is 0 Å². The lowest BCUT2D eigenvalue weighted by Crippen LogP contribution is -2.11. The van der Waals surface area contributed by atoms with Crippen molar-refractivity contribution in [2.75, 3.05) is 6.61 Å². The van der Waals surface area contributed by atoms with Gasteiger partial charge in [0.05, 0.1) is 11.5 Å². The molecule has 0 spiro atoms. The first-order chi connectivity index (χ1) is 9.29. The number of thioether (sulfide) groups is 1. The summed E-state index contributed by atoms with van der Waals surface area (Å²) in [6.07, 6.45) is 0.744. The number of ether oxygens (including phenoxy) is 1. The van der Waals surface area contributed by atoms with Gasteiger partial charge in [-0.3, -0.25) is 4.79 Å². The van der Waals surface area contributed by atoms with E-state index in [4.69, 9.17) is 4.74 Å². The van der Waals surface area contributed by atoms with Crippen molar-refractivity contribution in [2.45, 2.75) is 30.3 Å². The van der Waals surface area contributed by atoms with Crippen molar-refractivity contribution >= 4 is 29.1 Å². The van der Waals surface area contributed by atoms with Crippen LogP contribution in [0.2, 0.25) is 0 Å². The minimum absolute atomic E-state index is 0.145. The third-order valence-electron chi connectivity index (χ3n) is 2.91. The number of carbonyl (C=O) groups excluding carboxylic acids is 1. The average molecular weight is 295 g/mol. The molecule has 100 valence electrons. The maximum atomic E-state index is 11.5. The van der Waals surface area contributed by atoms with Gasteiger partial charge in [0.2, 0.25) is 0 Å². The van der Waals surface area contributed by atoms with E-state index in [9.17, 15) is 4.79 Å². The Kier molecular flexibility index (Phi) is 3.56. The highest BCUT2D eigenvalue weighted by atomic mass is 32.2. The number of cyclic esters (lactones) is 1. The first kappa shape index (κ1) is 12.7. The molecule has 1 saturated heterocycles. The van der Waals surface area contributed by atoms with Gasteiger partial charge in [-0.05, 0) is 18.4 Å². The number of hydrogen-bond acceptors (Lipinski definition) is 6. The Morgan fingerprint density at radius 1 is 1.58 bits per heavy atom. The first-order valence-corrected chi connectivity index (χ1v) is 7.86. The molecule has 1 aliphatic heterocycles. The summed E-state index contributed by atoms with van der Waals surface area (Å²) in [6, 6.07) is 4.02. The lowest BCUT2D eigenvalue weighted by atomic mass is 10.4. The molecule has 7 heteroatoms. The minimum atomic E-state index is -0.148. The molecule has 0 saturated carbocycles. The van der Waals surface area contributed by atoms with Gasteiger partial charge in [0.25, 0.3) is 0 Å². The van der Waals surface area contributed by atoms with Crippen molar-refractivity contribution < 1.29 is 9.53 Å². The quantitative estimate of drug-likeness (QED) is 0.811. The Bertz CT molecular complexity index is 580. The molecule has 1 fully saturated rings. The van der Waals surface area contributed by atoms with E-state index in [0.29, 0.717) is 6.61 Å². The largest absolute Gasteiger partial charge is 0.465 e. The summed E-state index contributed by atoms with van der Waals surface area (Å²) in [5, 5.41) is 11.1. The summed E-state index contributed by atoms with van der Waals surface area (Å²) in [5.41, 5.74) is 0. The molecule has 2 aromatic heterocycles. The number of hydrogen-bond donors (Lipinski definition) is 0. The number of aromatic nitrogens is 3. The molecule has 0 radical (unpaired) electrons. The van der Waals surface area contributed by atoms with E-state index in [1.54, 1.807) is 11.3 Å². The number of esters is 1. The van der Waals surface area contributed by atoms with Crippen LogP contribution in [0, 0.1) is 0 Å². The topological polar surface area (TPSA) is 57.0 Å². The van der Waals surface area contributed by atoms with Gasteiger partial charge < -0.3 is 9.30 Å². The first-order valence-electron chi connectivity index (χ1n) is 6.10. The van der Waals surface area contributed by atoms with Gasteiger partial charge in [0.1, 0.15) is 5.25 Å². The maximum absolute atomic E-state index is 11.5. The van der Waals surface area contributed by atoms with Crippen molar-refractivity contribution in [3.05, 3.63) is 17.5 Å². The monoisotopic (exact) mass is 295 g/mol. The number of nitrogens with zero attached hydrogens (tertiary/aromatic N) is 3. The number of carbonyl (C=O) groups is 1. The predicted octanol–water partition coefficient (Wildman–Crippen LogP) is 2.43. The van der Waals surface area contributed by atoms with Crippen LogP contribution in [0.3, 0.4) is 0 Å². The molecule has 0 bridgehead atoms. The normalized spacial score (nSPS) is 18.8. The van der Waals surface area contributed by atoms with Gasteiger partial charge in [0.15, 0.2) is 11.0 Å². The molecule has 0 aliphatic carbocycles. The zero-order chi connectivity index (χ0) is 13.2. The molecule has 2 aromatic rings. The maximum Gasteiger partial charge on any atom is 0.319 e. The second-order valence-corrected chi connectivity index (χ2v) is 6.21. The molecule has 1 atom stereocenters. The van der Waals surface area contributed by atoms with Gasteiger partial charge in [0, 0.05) is 13.0 Å². The summed E-state index contributed by atoms with van der Waals surface area (Å²) in [6.45, 7) is 3.34. The van der Waals surface area contributed by atoms with Crippen molar-refractivity contribution in [3.63, 3.8) is 0 Å². The zero-order valence-corrected chi connectivity index (χ0v) is 12.0. The van der Waals surface area contributed by atoms with E-state index in [0.717, 1.165) is 28.8 Å². The van der Waals surface area contributed by atoms with Crippen LogP contribution < -0.4 is 0 Å². The average Bonchev–Trinajstić information content (AvgIpc) is 3.11. The Hall–Kier alpha value is -1.34. The third kappa shape index (κ3) is 2.40. The highest BCUT2D eigenvalue weighted by Crippen LogP contribution is 2.32. The molecule has 5 nitrogen and oxygen atoms in total. The zero-order valence-electron chi connectivity index (χ0n) is 10.4. The van der Waals surface area contributed by atoms with Gasteiger partial charge in [-0.15, -0.1) is 21.5 Å². The molecule has 0 N–H and O–H groups in total. The highest BCUT2D eigenvalue weighted by Gasteiger charge is 2.29. The Balaban J connectivity index is 1.88. The second kappa shape index (κ2) is 5.34. The summed E-state index contributed by atoms with van der Waals surface area (Å²) in [5.74, 6) is 0.722. The summed E-state index contributed by atoms with van der Waals surface area (Å²) in [4.78, 5) is 12.6. The Labute approximate surface area is 119 Å². The minimum Gasteiger partial charge on any atom is -0.465 e. The van der Waals surface area contributed by atoms with Crippen molar-refractivity contribution in [2.24, 2.45) is 0 Å². The second-order valence-electron chi connectivity index (χ2n) is 4.09. The summed E-state index contributed by atoms with van der Waals surface area (Å²) < 4.78 is 7.02. The predicted molar refractivity (Wildman–Crippen MR) is 74.2 cm³/mol. The van der Waals surface area contributed by atoms with Crippen LogP contribution >= 0.6 is 23.1 Å². The van der Waals surface area contributed by atoms with Crippen LogP contribution in [-0.4, -0.2) is 32.6 Å². The number of rotatable bonds is 4. The molecular weight excluding hydrogens is 282 g/mol. The van der Waals surface area contributed by atoms with E-state index >= 15 is 0 Å². The smallest absolute Gasteiger partial charge is 0.319 e. The fourth-order valence-electron chi connectivity index (χ4n) is 1.96. The molecule has 19 heavy (non-hydrogen) atoms. The van der Waals surface area contributed by atoms with Crippen molar-refractivity contribution in [1.82, 2.24) is 14.8 Å². The van der Waals surface area contributed by atoms with Crippen LogP contribution in [0.1, 0.15) is 13.3 Å².